The molecule has 1 aromatic carbocycles. The fourth-order valence-corrected chi connectivity index (χ4v) is 1.33. The lowest BCUT2D eigenvalue weighted by atomic mass is 10.1. The molecule has 0 aliphatic heterocycles. The molecular weight excluding hydrogens is 227 g/mol. The number of carboxylic acid groups (broad SMARTS) is 1. The Morgan fingerprint density at radius 1 is 1.47 bits per heavy atom. The molecule has 0 spiro atoms. The normalized spacial score (nSPS) is 9.80. The summed E-state index contributed by atoms with van der Waals surface area (Å²) >= 11 is 5.57. The highest BCUT2D eigenvalue weighted by Gasteiger charge is 2.22. The molecule has 1 rings (SSSR count). The summed E-state index contributed by atoms with van der Waals surface area (Å²) in [4.78, 5) is 21.5. The van der Waals surface area contributed by atoms with Crippen molar-refractivity contribution < 1.29 is 23.8 Å². The highest BCUT2D eigenvalue weighted by molar-refractivity contribution is 6.42. The Balaban J connectivity index is 3.38. The standard InChI is InChI=1S/C9H6ClFO4/c1-15-8-5(7(12)9(13)14)2-4(11)3-6(8)10/h2-3H,1H3,(H,13,14). The van der Waals surface area contributed by atoms with Gasteiger partial charge in [0, 0.05) is 0 Å². The van der Waals surface area contributed by atoms with Gasteiger partial charge in [-0.15, -0.1) is 0 Å². The van der Waals surface area contributed by atoms with Crippen LogP contribution in [0.5, 0.6) is 5.75 Å². The predicted octanol–water partition coefficient (Wildman–Crippen LogP) is 1.75. The number of halogens is 2. The molecule has 0 atom stereocenters. The lowest BCUT2D eigenvalue weighted by molar-refractivity contribution is -0.131. The first-order valence-electron chi connectivity index (χ1n) is 3.78. The van der Waals surface area contributed by atoms with Gasteiger partial charge in [-0.1, -0.05) is 11.6 Å². The van der Waals surface area contributed by atoms with Crippen LogP contribution in [0, 0.1) is 5.82 Å². The molecule has 4 nitrogen and oxygen atoms in total. The van der Waals surface area contributed by atoms with E-state index in [0.717, 1.165) is 12.1 Å². The lowest BCUT2D eigenvalue weighted by Gasteiger charge is -2.07. The number of benzene rings is 1. The van der Waals surface area contributed by atoms with E-state index in [4.69, 9.17) is 21.4 Å². The van der Waals surface area contributed by atoms with Crippen LogP contribution in [0.15, 0.2) is 12.1 Å². The zero-order chi connectivity index (χ0) is 11.6. The first-order chi connectivity index (χ1) is 6.97. The summed E-state index contributed by atoms with van der Waals surface area (Å²) in [5.41, 5.74) is -0.407. The number of ether oxygens (including phenoxy) is 1. The molecule has 1 aromatic rings. The highest BCUT2D eigenvalue weighted by Crippen LogP contribution is 2.30. The molecule has 15 heavy (non-hydrogen) atoms. The largest absolute Gasteiger partial charge is 0.494 e. The Hall–Kier alpha value is -1.62. The van der Waals surface area contributed by atoms with E-state index in [0.29, 0.717) is 0 Å². The fourth-order valence-electron chi connectivity index (χ4n) is 1.05. The maximum Gasteiger partial charge on any atom is 0.377 e. The topological polar surface area (TPSA) is 63.6 Å². The summed E-state index contributed by atoms with van der Waals surface area (Å²) in [5, 5.41) is 8.32. The molecular formula is C9H6ClFO4. The molecule has 0 aliphatic rings. The van der Waals surface area contributed by atoms with Crippen LogP contribution in [0.1, 0.15) is 10.4 Å². The number of carboxylic acids is 1. The molecule has 6 heteroatoms. The van der Waals surface area contributed by atoms with Crippen LogP contribution in [-0.2, 0) is 4.79 Å². The Bertz CT molecular complexity index is 430. The van der Waals surface area contributed by atoms with Gasteiger partial charge in [0.1, 0.15) is 11.6 Å². The molecule has 0 unspecified atom stereocenters. The first kappa shape index (κ1) is 11.5. The van der Waals surface area contributed by atoms with Crippen LogP contribution in [-0.4, -0.2) is 24.0 Å². The smallest absolute Gasteiger partial charge is 0.377 e. The minimum absolute atomic E-state index is 0.148. The molecule has 0 aromatic heterocycles. The number of hydrogen-bond donors (Lipinski definition) is 1. The molecule has 80 valence electrons. The number of hydrogen-bond acceptors (Lipinski definition) is 3. The average molecular weight is 233 g/mol. The minimum atomic E-state index is -1.70. The van der Waals surface area contributed by atoms with E-state index in [1.165, 1.54) is 7.11 Å². The van der Waals surface area contributed by atoms with Gasteiger partial charge in [-0.05, 0) is 12.1 Å². The van der Waals surface area contributed by atoms with Crippen molar-refractivity contribution in [1.82, 2.24) is 0 Å². The summed E-state index contributed by atoms with van der Waals surface area (Å²) in [6.07, 6.45) is 0. The quantitative estimate of drug-likeness (QED) is 0.637. The SMILES string of the molecule is COc1c(Cl)cc(F)cc1C(=O)C(=O)O. The van der Waals surface area contributed by atoms with Crippen LogP contribution in [0.4, 0.5) is 4.39 Å². The maximum absolute atomic E-state index is 12.9. The van der Waals surface area contributed by atoms with Crippen LogP contribution in [0.25, 0.3) is 0 Å². The van der Waals surface area contributed by atoms with Gasteiger partial charge in [0.25, 0.3) is 5.78 Å². The number of carbonyl (C=O) groups is 2. The molecule has 0 aliphatic carbocycles. The van der Waals surface area contributed by atoms with Crippen molar-refractivity contribution in [3.63, 3.8) is 0 Å². The van der Waals surface area contributed by atoms with Crippen molar-refractivity contribution in [3.8, 4) is 5.75 Å². The third-order valence-corrected chi connectivity index (χ3v) is 1.93. The van der Waals surface area contributed by atoms with E-state index in [9.17, 15) is 14.0 Å². The van der Waals surface area contributed by atoms with Crippen molar-refractivity contribution in [1.29, 1.82) is 0 Å². The molecule has 0 fully saturated rings. The highest BCUT2D eigenvalue weighted by atomic mass is 35.5. The second-order valence-electron chi connectivity index (χ2n) is 2.60. The number of carbonyl (C=O) groups excluding carboxylic acids is 1. The predicted molar refractivity (Wildman–Crippen MR) is 49.9 cm³/mol. The van der Waals surface area contributed by atoms with E-state index in [2.05, 4.69) is 0 Å². The second kappa shape index (κ2) is 4.27. The summed E-state index contributed by atoms with van der Waals surface area (Å²) in [6.45, 7) is 0. The van der Waals surface area contributed by atoms with Crippen molar-refractivity contribution in [2.75, 3.05) is 7.11 Å². The third kappa shape index (κ3) is 2.24. The van der Waals surface area contributed by atoms with Crippen LogP contribution in [0.2, 0.25) is 5.02 Å². The Kier molecular flexibility index (Phi) is 3.26. The maximum atomic E-state index is 12.9. The number of rotatable bonds is 3. The van der Waals surface area contributed by atoms with Gasteiger partial charge in [-0.2, -0.15) is 0 Å². The van der Waals surface area contributed by atoms with Crippen LogP contribution in [0.3, 0.4) is 0 Å². The summed E-state index contributed by atoms with van der Waals surface area (Å²) < 4.78 is 17.6. The molecule has 0 radical (unpaired) electrons. The summed E-state index contributed by atoms with van der Waals surface area (Å²) in [6, 6.07) is 1.69. The van der Waals surface area contributed by atoms with Crippen LogP contribution >= 0.6 is 11.6 Å². The molecule has 0 saturated carbocycles. The molecule has 0 heterocycles. The molecule has 1 N–H and O–H groups in total. The van der Waals surface area contributed by atoms with E-state index in [1.807, 2.05) is 0 Å². The zero-order valence-electron chi connectivity index (χ0n) is 7.58. The van der Waals surface area contributed by atoms with Gasteiger partial charge >= 0.3 is 5.97 Å². The van der Waals surface area contributed by atoms with Gasteiger partial charge < -0.3 is 9.84 Å². The van der Waals surface area contributed by atoms with E-state index in [1.54, 1.807) is 0 Å². The molecule has 0 bridgehead atoms. The first-order valence-corrected chi connectivity index (χ1v) is 4.15. The lowest BCUT2D eigenvalue weighted by Crippen LogP contribution is -2.14. The summed E-state index contributed by atoms with van der Waals surface area (Å²) in [5.74, 6) is -3.92. The van der Waals surface area contributed by atoms with Gasteiger partial charge in [0.2, 0.25) is 0 Å². The second-order valence-corrected chi connectivity index (χ2v) is 3.01. The van der Waals surface area contributed by atoms with Crippen LogP contribution < -0.4 is 4.74 Å². The van der Waals surface area contributed by atoms with Gasteiger partial charge in [0.15, 0.2) is 0 Å². The van der Waals surface area contributed by atoms with E-state index < -0.39 is 23.1 Å². The van der Waals surface area contributed by atoms with Crippen molar-refractivity contribution in [3.05, 3.63) is 28.5 Å². The minimum Gasteiger partial charge on any atom is -0.494 e. The van der Waals surface area contributed by atoms with E-state index >= 15 is 0 Å². The zero-order valence-corrected chi connectivity index (χ0v) is 8.34. The van der Waals surface area contributed by atoms with Crippen molar-refractivity contribution in [2.24, 2.45) is 0 Å². The van der Waals surface area contributed by atoms with E-state index in [-0.39, 0.29) is 10.8 Å². The monoisotopic (exact) mass is 232 g/mol. The van der Waals surface area contributed by atoms with Gasteiger partial charge in [-0.25, -0.2) is 9.18 Å². The third-order valence-electron chi connectivity index (χ3n) is 1.65. The van der Waals surface area contributed by atoms with Crippen molar-refractivity contribution >= 4 is 23.4 Å². The summed E-state index contributed by atoms with van der Waals surface area (Å²) in [7, 11) is 1.21. The molecule has 0 saturated heterocycles. The number of aliphatic carboxylic acids is 1. The van der Waals surface area contributed by atoms with Gasteiger partial charge in [0.05, 0.1) is 17.7 Å². The van der Waals surface area contributed by atoms with Gasteiger partial charge in [-0.3, -0.25) is 4.79 Å². The number of Topliss-reactive ketones (excluding diaryl/α,β-unsaturated/α-hetero) is 1. The number of methoxy groups -OCH3 is 1. The fraction of sp³-hybridized carbons (Fsp3) is 0.111. The van der Waals surface area contributed by atoms with Crippen molar-refractivity contribution in [2.45, 2.75) is 0 Å². The Morgan fingerprint density at radius 2 is 2.07 bits per heavy atom. The number of ketones is 1. The molecule has 0 amide bonds. The Labute approximate surface area is 89.2 Å². The average Bonchev–Trinajstić information content (AvgIpc) is 2.15. The Morgan fingerprint density at radius 3 is 2.53 bits per heavy atom.